The smallest absolute Gasteiger partial charge is 0.0657 e. The zero-order chi connectivity index (χ0) is 7.84. The number of halogens is 1. The maximum atomic E-state index is 5.64. The van der Waals surface area contributed by atoms with Gasteiger partial charge < -0.3 is 5.73 Å². The van der Waals surface area contributed by atoms with E-state index >= 15 is 0 Å². The molecule has 56 valence electrons. The largest absolute Gasteiger partial charge is 0.399 e. The van der Waals surface area contributed by atoms with Gasteiger partial charge in [0.25, 0.3) is 0 Å². The lowest BCUT2D eigenvalue weighted by atomic mass is 10.1. The van der Waals surface area contributed by atoms with E-state index in [1.807, 2.05) is 18.3 Å². The molecule has 0 aromatic heterocycles. The molecule has 2 N–H and O–H groups in total. The molecule has 1 aliphatic heterocycles. The van der Waals surface area contributed by atoms with E-state index in [1.165, 1.54) is 5.56 Å². The van der Waals surface area contributed by atoms with Gasteiger partial charge in [-0.3, -0.25) is 4.99 Å². The van der Waals surface area contributed by atoms with Crippen LogP contribution in [-0.2, 0) is 6.54 Å². The van der Waals surface area contributed by atoms with Crippen molar-refractivity contribution in [3.05, 3.63) is 27.7 Å². The average Bonchev–Trinajstić information content (AvgIpc) is 2.34. The lowest BCUT2D eigenvalue weighted by molar-refractivity contribution is 1.10. The third-order valence-electron chi connectivity index (χ3n) is 1.73. The first-order valence-corrected chi connectivity index (χ1v) is 4.14. The minimum Gasteiger partial charge on any atom is -0.399 e. The number of hydrogen-bond donors (Lipinski definition) is 1. The number of aliphatic imine (C=N–C) groups is 1. The lowest BCUT2D eigenvalue weighted by Gasteiger charge is -2.01. The van der Waals surface area contributed by atoms with Crippen molar-refractivity contribution in [2.24, 2.45) is 4.99 Å². The summed E-state index contributed by atoms with van der Waals surface area (Å²) >= 11 is 3.44. The molecule has 0 radical (unpaired) electrons. The Morgan fingerprint density at radius 3 is 3.09 bits per heavy atom. The van der Waals surface area contributed by atoms with E-state index in [9.17, 15) is 0 Å². The van der Waals surface area contributed by atoms with Crippen molar-refractivity contribution in [3.8, 4) is 0 Å². The predicted octanol–water partition coefficient (Wildman–Crippen LogP) is 1.96. The molecule has 0 saturated heterocycles. The van der Waals surface area contributed by atoms with E-state index in [1.54, 1.807) is 0 Å². The van der Waals surface area contributed by atoms with Crippen LogP contribution in [0, 0.1) is 0 Å². The molecule has 0 amide bonds. The molecule has 1 aromatic carbocycles. The van der Waals surface area contributed by atoms with Gasteiger partial charge in [0, 0.05) is 21.9 Å². The predicted molar refractivity (Wildman–Crippen MR) is 49.9 cm³/mol. The van der Waals surface area contributed by atoms with Crippen LogP contribution in [0.15, 0.2) is 21.6 Å². The SMILES string of the molecule is Nc1cc(Br)c2c(c1)C=NC2. The van der Waals surface area contributed by atoms with Crippen LogP contribution in [-0.4, -0.2) is 6.21 Å². The second kappa shape index (κ2) is 2.34. The average molecular weight is 211 g/mol. The fourth-order valence-electron chi connectivity index (χ4n) is 1.20. The number of fused-ring (bicyclic) bond motifs is 1. The highest BCUT2D eigenvalue weighted by Gasteiger charge is 2.09. The molecule has 0 aliphatic carbocycles. The van der Waals surface area contributed by atoms with Gasteiger partial charge in [0.15, 0.2) is 0 Å². The van der Waals surface area contributed by atoms with Crippen molar-refractivity contribution in [1.29, 1.82) is 0 Å². The second-order valence-electron chi connectivity index (χ2n) is 2.54. The molecule has 0 saturated carbocycles. The minimum absolute atomic E-state index is 0.774. The highest BCUT2D eigenvalue weighted by atomic mass is 79.9. The van der Waals surface area contributed by atoms with Crippen LogP contribution in [0.5, 0.6) is 0 Å². The van der Waals surface area contributed by atoms with E-state index in [0.29, 0.717) is 0 Å². The van der Waals surface area contributed by atoms with Crippen LogP contribution < -0.4 is 5.73 Å². The van der Waals surface area contributed by atoms with Crippen LogP contribution in [0.4, 0.5) is 5.69 Å². The van der Waals surface area contributed by atoms with Crippen LogP contribution in [0.25, 0.3) is 0 Å². The first-order valence-electron chi connectivity index (χ1n) is 3.35. The number of nitrogens with zero attached hydrogens (tertiary/aromatic N) is 1. The van der Waals surface area contributed by atoms with Gasteiger partial charge in [-0.05, 0) is 17.7 Å². The summed E-state index contributed by atoms with van der Waals surface area (Å²) in [6, 6.07) is 3.85. The number of nitrogens with two attached hydrogens (primary N) is 1. The molecule has 1 aliphatic rings. The van der Waals surface area contributed by atoms with Gasteiger partial charge in [-0.1, -0.05) is 15.9 Å². The van der Waals surface area contributed by atoms with Gasteiger partial charge in [-0.2, -0.15) is 0 Å². The lowest BCUT2D eigenvalue weighted by Crippen LogP contribution is -1.91. The normalized spacial score (nSPS) is 13.5. The van der Waals surface area contributed by atoms with E-state index in [2.05, 4.69) is 20.9 Å². The quantitative estimate of drug-likeness (QED) is 0.654. The number of hydrogen-bond acceptors (Lipinski definition) is 2. The molecule has 2 rings (SSSR count). The zero-order valence-corrected chi connectivity index (χ0v) is 7.43. The van der Waals surface area contributed by atoms with E-state index in [4.69, 9.17) is 5.73 Å². The topological polar surface area (TPSA) is 38.4 Å². The summed E-state index contributed by atoms with van der Waals surface area (Å²) in [4.78, 5) is 4.14. The molecule has 3 heteroatoms. The Hall–Kier alpha value is -0.830. The molecule has 0 spiro atoms. The molecule has 2 nitrogen and oxygen atoms in total. The molecule has 1 heterocycles. The molecule has 1 aromatic rings. The number of benzene rings is 1. The fraction of sp³-hybridized carbons (Fsp3) is 0.125. The summed E-state index contributed by atoms with van der Waals surface area (Å²) in [5.41, 5.74) is 8.79. The molecular weight excluding hydrogens is 204 g/mol. The first kappa shape index (κ1) is 6.85. The summed E-state index contributed by atoms with van der Waals surface area (Å²) in [5.74, 6) is 0. The highest BCUT2D eigenvalue weighted by molar-refractivity contribution is 9.10. The van der Waals surface area contributed by atoms with Crippen molar-refractivity contribution in [2.75, 3.05) is 5.73 Å². The zero-order valence-electron chi connectivity index (χ0n) is 5.84. The van der Waals surface area contributed by atoms with Crippen molar-refractivity contribution in [2.45, 2.75) is 6.54 Å². The number of nitrogen functional groups attached to an aromatic ring is 1. The number of rotatable bonds is 0. The van der Waals surface area contributed by atoms with Crippen molar-refractivity contribution in [3.63, 3.8) is 0 Å². The molecular formula is C8H7BrN2. The first-order chi connectivity index (χ1) is 5.27. The van der Waals surface area contributed by atoms with E-state index < -0.39 is 0 Å². The van der Waals surface area contributed by atoms with Gasteiger partial charge in [0.2, 0.25) is 0 Å². The Morgan fingerprint density at radius 2 is 2.27 bits per heavy atom. The maximum absolute atomic E-state index is 5.64. The summed E-state index contributed by atoms with van der Waals surface area (Å²) in [7, 11) is 0. The molecule has 0 bridgehead atoms. The Kier molecular flexibility index (Phi) is 1.46. The monoisotopic (exact) mass is 210 g/mol. The maximum Gasteiger partial charge on any atom is 0.0657 e. The van der Waals surface area contributed by atoms with Crippen LogP contribution >= 0.6 is 15.9 Å². The third kappa shape index (κ3) is 1.05. The third-order valence-corrected chi connectivity index (χ3v) is 2.44. The molecule has 0 unspecified atom stereocenters. The van der Waals surface area contributed by atoms with Crippen molar-refractivity contribution >= 4 is 27.8 Å². The Morgan fingerprint density at radius 1 is 1.45 bits per heavy atom. The molecule has 0 fully saturated rings. The Bertz CT molecular complexity index is 331. The summed E-state index contributed by atoms with van der Waals surface area (Å²) in [5, 5.41) is 0. The summed E-state index contributed by atoms with van der Waals surface area (Å²) in [6.07, 6.45) is 1.86. The van der Waals surface area contributed by atoms with Gasteiger partial charge in [0.1, 0.15) is 0 Å². The van der Waals surface area contributed by atoms with Crippen LogP contribution in [0.2, 0.25) is 0 Å². The number of anilines is 1. The van der Waals surface area contributed by atoms with Crippen LogP contribution in [0.3, 0.4) is 0 Å². The van der Waals surface area contributed by atoms with Crippen molar-refractivity contribution < 1.29 is 0 Å². The second-order valence-corrected chi connectivity index (χ2v) is 3.39. The summed E-state index contributed by atoms with van der Waals surface area (Å²) in [6.45, 7) is 0.774. The van der Waals surface area contributed by atoms with Crippen molar-refractivity contribution in [1.82, 2.24) is 0 Å². The van der Waals surface area contributed by atoms with Gasteiger partial charge >= 0.3 is 0 Å². The van der Waals surface area contributed by atoms with E-state index in [-0.39, 0.29) is 0 Å². The Labute approximate surface area is 73.3 Å². The standard InChI is InChI=1S/C8H7BrN2/c9-8-2-6(10)1-5-3-11-4-7(5)8/h1-3H,4,10H2. The Balaban J connectivity index is 2.66. The van der Waals surface area contributed by atoms with Crippen LogP contribution in [0.1, 0.15) is 11.1 Å². The summed E-state index contributed by atoms with van der Waals surface area (Å²) < 4.78 is 1.06. The highest BCUT2D eigenvalue weighted by Crippen LogP contribution is 2.26. The molecule has 11 heavy (non-hydrogen) atoms. The van der Waals surface area contributed by atoms with Gasteiger partial charge in [-0.25, -0.2) is 0 Å². The minimum atomic E-state index is 0.774. The fourth-order valence-corrected chi connectivity index (χ4v) is 1.82. The van der Waals surface area contributed by atoms with E-state index in [0.717, 1.165) is 22.3 Å². The van der Waals surface area contributed by atoms with Gasteiger partial charge in [0.05, 0.1) is 6.54 Å². The van der Waals surface area contributed by atoms with Gasteiger partial charge in [-0.15, -0.1) is 0 Å². The molecule has 0 atom stereocenters.